The van der Waals surface area contributed by atoms with E-state index >= 15 is 0 Å². The van der Waals surface area contributed by atoms with Crippen molar-refractivity contribution >= 4 is 6.16 Å². The van der Waals surface area contributed by atoms with E-state index in [0.717, 1.165) is 11.1 Å². The molecule has 0 saturated carbocycles. The molecule has 1 rings (SSSR count). The van der Waals surface area contributed by atoms with Crippen molar-refractivity contribution < 1.29 is 19.7 Å². The van der Waals surface area contributed by atoms with E-state index in [-0.39, 0.29) is 23.3 Å². The minimum Gasteiger partial charge on any atom is -0.504 e. The summed E-state index contributed by atoms with van der Waals surface area (Å²) >= 11 is 0. The molecule has 0 aliphatic rings. The molecule has 0 aromatic heterocycles. The number of carbonyl (C=O) groups is 1. The molecule has 94 valence electrons. The summed E-state index contributed by atoms with van der Waals surface area (Å²) < 4.78 is 4.54. The van der Waals surface area contributed by atoms with E-state index in [1.165, 1.54) is 0 Å². The van der Waals surface area contributed by atoms with E-state index in [0.29, 0.717) is 0 Å². The van der Waals surface area contributed by atoms with Gasteiger partial charge in [0.15, 0.2) is 11.5 Å². The zero-order chi connectivity index (χ0) is 13.2. The number of benzene rings is 1. The second-order valence-corrected chi connectivity index (χ2v) is 4.63. The number of ether oxygens (including phenoxy) is 1. The highest BCUT2D eigenvalue weighted by molar-refractivity contribution is 5.64. The molecule has 4 heteroatoms. The normalized spacial score (nSPS) is 10.9. The van der Waals surface area contributed by atoms with Gasteiger partial charge in [0.05, 0.1) is 0 Å². The van der Waals surface area contributed by atoms with Crippen LogP contribution in [0.5, 0.6) is 11.5 Å². The van der Waals surface area contributed by atoms with Gasteiger partial charge >= 0.3 is 6.16 Å². The van der Waals surface area contributed by atoms with Crippen LogP contribution in [0.15, 0.2) is 12.1 Å². The lowest BCUT2D eigenvalue weighted by Crippen LogP contribution is -2.06. The molecule has 0 amide bonds. The minimum atomic E-state index is -1.42. The van der Waals surface area contributed by atoms with Gasteiger partial charge in [-0.05, 0) is 35.1 Å². The third-order valence-corrected chi connectivity index (χ3v) is 2.61. The maximum Gasteiger partial charge on any atom is 0.511 e. The van der Waals surface area contributed by atoms with E-state index in [1.54, 1.807) is 12.1 Å². The van der Waals surface area contributed by atoms with Crippen molar-refractivity contribution in [2.75, 3.05) is 0 Å². The highest BCUT2D eigenvalue weighted by atomic mass is 16.7. The van der Waals surface area contributed by atoms with Gasteiger partial charge in [0.2, 0.25) is 0 Å². The molecule has 0 radical (unpaired) electrons. The Labute approximate surface area is 101 Å². The van der Waals surface area contributed by atoms with Crippen molar-refractivity contribution in [3.63, 3.8) is 0 Å². The van der Waals surface area contributed by atoms with Crippen LogP contribution in [0.1, 0.15) is 50.7 Å². The molecule has 0 saturated heterocycles. The highest BCUT2D eigenvalue weighted by Gasteiger charge is 2.16. The summed E-state index contributed by atoms with van der Waals surface area (Å²) in [7, 11) is 0. The molecule has 0 aliphatic carbocycles. The molecular formula is C13H18O4. The number of phenolic OH excluding ortho intramolecular Hbond substituents is 1. The predicted molar refractivity (Wildman–Crippen MR) is 64.9 cm³/mol. The molecule has 0 heterocycles. The standard InChI is InChI=1S/C13H18O4/c1-7(2)9-5-11(14)12(17-13(15)16)6-10(9)8(3)4/h5-8,14H,1-4H3,(H,15,16). The third-order valence-electron chi connectivity index (χ3n) is 2.61. The van der Waals surface area contributed by atoms with Crippen molar-refractivity contribution in [3.8, 4) is 11.5 Å². The molecule has 0 spiro atoms. The fourth-order valence-corrected chi connectivity index (χ4v) is 1.78. The molecule has 0 bridgehead atoms. The van der Waals surface area contributed by atoms with Gasteiger partial charge < -0.3 is 14.9 Å². The number of hydrogen-bond donors (Lipinski definition) is 2. The summed E-state index contributed by atoms with van der Waals surface area (Å²) in [6, 6.07) is 3.18. The van der Waals surface area contributed by atoms with Gasteiger partial charge in [-0.1, -0.05) is 27.7 Å². The number of rotatable bonds is 3. The molecule has 0 atom stereocenters. The number of carboxylic acid groups (broad SMARTS) is 1. The van der Waals surface area contributed by atoms with Gasteiger partial charge in [-0.25, -0.2) is 4.79 Å². The van der Waals surface area contributed by atoms with Crippen molar-refractivity contribution in [1.82, 2.24) is 0 Å². The van der Waals surface area contributed by atoms with Crippen LogP contribution in [0.2, 0.25) is 0 Å². The monoisotopic (exact) mass is 238 g/mol. The van der Waals surface area contributed by atoms with Crippen LogP contribution < -0.4 is 4.74 Å². The number of hydrogen-bond acceptors (Lipinski definition) is 3. The minimum absolute atomic E-state index is 0.00870. The number of phenols is 1. The fraction of sp³-hybridized carbons (Fsp3) is 0.462. The summed E-state index contributed by atoms with van der Waals surface area (Å²) in [5.74, 6) is 0.354. The first-order chi connectivity index (χ1) is 7.82. The second-order valence-electron chi connectivity index (χ2n) is 4.63. The molecule has 1 aromatic rings. The SMILES string of the molecule is CC(C)c1cc(O)c(OC(=O)O)cc1C(C)C. The van der Waals surface area contributed by atoms with Crippen LogP contribution in [0.25, 0.3) is 0 Å². The Balaban J connectivity index is 3.29. The maximum absolute atomic E-state index is 10.5. The zero-order valence-corrected chi connectivity index (χ0v) is 10.5. The lowest BCUT2D eigenvalue weighted by atomic mass is 9.90. The molecule has 0 aliphatic heterocycles. The van der Waals surface area contributed by atoms with Crippen molar-refractivity contribution in [3.05, 3.63) is 23.3 Å². The lowest BCUT2D eigenvalue weighted by Gasteiger charge is -2.17. The van der Waals surface area contributed by atoms with Gasteiger partial charge in [-0.15, -0.1) is 0 Å². The average Bonchev–Trinajstić information content (AvgIpc) is 2.19. The molecule has 2 N–H and O–H groups in total. The van der Waals surface area contributed by atoms with Crippen LogP contribution in [0.3, 0.4) is 0 Å². The quantitative estimate of drug-likeness (QED) is 0.622. The first-order valence-corrected chi connectivity index (χ1v) is 5.60. The molecule has 4 nitrogen and oxygen atoms in total. The van der Waals surface area contributed by atoms with Gasteiger partial charge in [0, 0.05) is 0 Å². The van der Waals surface area contributed by atoms with Gasteiger partial charge in [0.25, 0.3) is 0 Å². The second kappa shape index (κ2) is 5.08. The molecule has 17 heavy (non-hydrogen) atoms. The Kier molecular flexibility index (Phi) is 3.99. The molecule has 0 unspecified atom stereocenters. The van der Waals surface area contributed by atoms with Crippen LogP contribution in [0.4, 0.5) is 4.79 Å². The average molecular weight is 238 g/mol. The molecular weight excluding hydrogens is 220 g/mol. The van der Waals surface area contributed by atoms with E-state index in [9.17, 15) is 9.90 Å². The Hall–Kier alpha value is -1.71. The van der Waals surface area contributed by atoms with Crippen molar-refractivity contribution in [2.45, 2.75) is 39.5 Å². The zero-order valence-electron chi connectivity index (χ0n) is 10.5. The molecule has 0 fully saturated rings. The first kappa shape index (κ1) is 13.4. The third kappa shape index (κ3) is 3.12. The lowest BCUT2D eigenvalue weighted by molar-refractivity contribution is 0.143. The Bertz CT molecular complexity index is 422. The van der Waals surface area contributed by atoms with E-state index in [2.05, 4.69) is 4.74 Å². The Morgan fingerprint density at radius 3 is 2.00 bits per heavy atom. The number of aromatic hydroxyl groups is 1. The smallest absolute Gasteiger partial charge is 0.504 e. The topological polar surface area (TPSA) is 66.8 Å². The van der Waals surface area contributed by atoms with E-state index < -0.39 is 6.16 Å². The molecule has 1 aromatic carbocycles. The van der Waals surface area contributed by atoms with E-state index in [1.807, 2.05) is 27.7 Å². The van der Waals surface area contributed by atoms with Crippen molar-refractivity contribution in [1.29, 1.82) is 0 Å². The fourth-order valence-electron chi connectivity index (χ4n) is 1.78. The van der Waals surface area contributed by atoms with Crippen molar-refractivity contribution in [2.24, 2.45) is 0 Å². The summed E-state index contributed by atoms with van der Waals surface area (Å²) in [4.78, 5) is 10.5. The Morgan fingerprint density at radius 1 is 1.12 bits per heavy atom. The summed E-state index contributed by atoms with van der Waals surface area (Å²) in [5, 5.41) is 18.3. The maximum atomic E-state index is 10.5. The van der Waals surface area contributed by atoms with E-state index in [4.69, 9.17) is 5.11 Å². The van der Waals surface area contributed by atoms with Gasteiger partial charge in [-0.2, -0.15) is 0 Å². The van der Waals surface area contributed by atoms with Crippen LogP contribution in [-0.2, 0) is 0 Å². The van der Waals surface area contributed by atoms with Crippen LogP contribution >= 0.6 is 0 Å². The largest absolute Gasteiger partial charge is 0.511 e. The summed E-state index contributed by atoms with van der Waals surface area (Å²) in [6.07, 6.45) is -1.42. The summed E-state index contributed by atoms with van der Waals surface area (Å²) in [6.45, 7) is 8.09. The predicted octanol–water partition coefficient (Wildman–Crippen LogP) is 3.70. The first-order valence-electron chi connectivity index (χ1n) is 5.60. The van der Waals surface area contributed by atoms with Gasteiger partial charge in [-0.3, -0.25) is 0 Å². The highest BCUT2D eigenvalue weighted by Crippen LogP contribution is 2.36. The summed E-state index contributed by atoms with van der Waals surface area (Å²) in [5.41, 5.74) is 2.00. The Morgan fingerprint density at radius 2 is 1.59 bits per heavy atom. The van der Waals surface area contributed by atoms with Gasteiger partial charge in [0.1, 0.15) is 0 Å². The van der Waals surface area contributed by atoms with Crippen LogP contribution in [-0.4, -0.2) is 16.4 Å². The van der Waals surface area contributed by atoms with Crippen LogP contribution in [0, 0.1) is 0 Å².